The van der Waals surface area contributed by atoms with E-state index in [4.69, 9.17) is 10.6 Å². The Hall–Kier alpha value is -1.63. The molecule has 1 aromatic rings. The smallest absolute Gasteiger partial charge is 0.323 e. The summed E-state index contributed by atoms with van der Waals surface area (Å²) < 4.78 is 5.87. The zero-order chi connectivity index (χ0) is 13.8. The van der Waals surface area contributed by atoms with Crippen molar-refractivity contribution in [3.63, 3.8) is 0 Å². The molecular weight excluding hydrogens is 244 g/mol. The van der Waals surface area contributed by atoms with Crippen LogP contribution in [-0.2, 0) is 0 Å². The highest BCUT2D eigenvalue weighted by Gasteiger charge is 2.22. The van der Waals surface area contributed by atoms with Gasteiger partial charge in [-0.15, -0.1) is 0 Å². The van der Waals surface area contributed by atoms with E-state index >= 15 is 0 Å². The monoisotopic (exact) mass is 266 g/mol. The summed E-state index contributed by atoms with van der Waals surface area (Å²) in [5.41, 5.74) is 2.44. The number of nitrogens with one attached hydrogen (secondary N) is 1. The van der Waals surface area contributed by atoms with Gasteiger partial charge in [-0.05, 0) is 25.2 Å². The highest BCUT2D eigenvalue weighted by atomic mass is 16.5. The van der Waals surface area contributed by atoms with Crippen LogP contribution in [0.3, 0.4) is 0 Å². The topological polar surface area (TPSA) is 89.2 Å². The number of hydrazine groups is 1. The number of rotatable bonds is 4. The zero-order valence-corrected chi connectivity index (χ0v) is 11.8. The quantitative estimate of drug-likeness (QED) is 0.624. The largest absolute Gasteiger partial charge is 0.460 e. The molecule has 2 rings (SSSR count). The second-order valence-corrected chi connectivity index (χ2v) is 5.29. The Labute approximate surface area is 113 Å². The Morgan fingerprint density at radius 3 is 2.68 bits per heavy atom. The van der Waals surface area contributed by atoms with E-state index in [9.17, 15) is 0 Å². The Balaban J connectivity index is 2.12. The van der Waals surface area contributed by atoms with Crippen LogP contribution in [0.2, 0.25) is 0 Å². The summed E-state index contributed by atoms with van der Waals surface area (Å²) in [6.07, 6.45) is 4.76. The van der Waals surface area contributed by atoms with Gasteiger partial charge >= 0.3 is 6.01 Å². The maximum absolute atomic E-state index is 5.87. The highest BCUT2D eigenvalue weighted by molar-refractivity contribution is 5.36. The molecule has 0 aromatic carbocycles. The first-order valence-electron chi connectivity index (χ1n) is 6.65. The molecule has 1 aromatic heterocycles. The number of aromatic nitrogens is 3. The molecule has 2 unspecified atom stereocenters. The number of nitrogen functional groups attached to an aromatic ring is 1. The number of nitrogens with zero attached hydrogens (tertiary/aromatic N) is 4. The van der Waals surface area contributed by atoms with Crippen molar-refractivity contribution in [2.45, 2.75) is 38.7 Å². The number of hydrogen-bond acceptors (Lipinski definition) is 7. The molecule has 0 saturated heterocycles. The van der Waals surface area contributed by atoms with Crippen molar-refractivity contribution in [3.05, 3.63) is 0 Å². The summed E-state index contributed by atoms with van der Waals surface area (Å²) in [7, 11) is 3.73. The summed E-state index contributed by atoms with van der Waals surface area (Å²) >= 11 is 0. The number of anilines is 2. The molecule has 0 radical (unpaired) electrons. The van der Waals surface area contributed by atoms with Gasteiger partial charge < -0.3 is 9.64 Å². The van der Waals surface area contributed by atoms with Crippen LogP contribution >= 0.6 is 0 Å². The summed E-state index contributed by atoms with van der Waals surface area (Å²) in [6.45, 7) is 2.25. The summed E-state index contributed by atoms with van der Waals surface area (Å²) in [5.74, 6) is 6.91. The zero-order valence-electron chi connectivity index (χ0n) is 11.8. The minimum Gasteiger partial charge on any atom is -0.460 e. The second-order valence-electron chi connectivity index (χ2n) is 5.29. The van der Waals surface area contributed by atoms with Gasteiger partial charge in [0.05, 0.1) is 0 Å². The lowest BCUT2D eigenvalue weighted by Crippen LogP contribution is -2.26. The van der Waals surface area contributed by atoms with Gasteiger partial charge in [0.2, 0.25) is 11.9 Å². The standard InChI is InChI=1S/C12H22N6O/c1-8-5-4-6-9(7-8)19-12-15-10(17-13)14-11(16-12)18(2)3/h8-9H,4-7,13H2,1-3H3,(H,14,15,16,17). The Morgan fingerprint density at radius 2 is 2.05 bits per heavy atom. The molecule has 7 nitrogen and oxygen atoms in total. The first-order chi connectivity index (χ1) is 9.08. The van der Waals surface area contributed by atoms with Crippen molar-refractivity contribution >= 4 is 11.9 Å². The van der Waals surface area contributed by atoms with Crippen LogP contribution in [0.5, 0.6) is 6.01 Å². The van der Waals surface area contributed by atoms with Crippen molar-refractivity contribution in [2.24, 2.45) is 11.8 Å². The van der Waals surface area contributed by atoms with Gasteiger partial charge in [0.15, 0.2) is 0 Å². The van der Waals surface area contributed by atoms with E-state index in [-0.39, 0.29) is 6.10 Å². The summed E-state index contributed by atoms with van der Waals surface area (Å²) in [6, 6.07) is 0.339. The number of ether oxygens (including phenoxy) is 1. The van der Waals surface area contributed by atoms with Crippen LogP contribution in [0.15, 0.2) is 0 Å². The van der Waals surface area contributed by atoms with E-state index in [1.807, 2.05) is 14.1 Å². The minimum absolute atomic E-state index is 0.187. The van der Waals surface area contributed by atoms with Crippen LogP contribution in [0.4, 0.5) is 11.9 Å². The van der Waals surface area contributed by atoms with Crippen molar-refractivity contribution in [3.8, 4) is 6.01 Å². The summed E-state index contributed by atoms with van der Waals surface area (Å²) in [5, 5.41) is 0. The average molecular weight is 266 g/mol. The van der Waals surface area contributed by atoms with Gasteiger partial charge in [-0.1, -0.05) is 13.3 Å². The molecule has 0 aliphatic heterocycles. The van der Waals surface area contributed by atoms with Crippen molar-refractivity contribution in [1.82, 2.24) is 15.0 Å². The molecule has 0 spiro atoms. The molecule has 0 amide bonds. The van der Waals surface area contributed by atoms with Gasteiger partial charge in [0.1, 0.15) is 6.10 Å². The molecule has 7 heteroatoms. The Morgan fingerprint density at radius 1 is 1.26 bits per heavy atom. The van der Waals surface area contributed by atoms with Gasteiger partial charge in [-0.25, -0.2) is 5.84 Å². The molecular formula is C12H22N6O. The van der Waals surface area contributed by atoms with Crippen molar-refractivity contribution in [2.75, 3.05) is 24.4 Å². The minimum atomic E-state index is 0.187. The first-order valence-corrected chi connectivity index (χ1v) is 6.65. The predicted octanol–water partition coefficient (Wildman–Crippen LogP) is 1.18. The van der Waals surface area contributed by atoms with Gasteiger partial charge in [-0.2, -0.15) is 15.0 Å². The molecule has 1 aliphatic carbocycles. The SMILES string of the molecule is CC1CCCC(Oc2nc(NN)nc(N(C)C)n2)C1. The second kappa shape index (κ2) is 6.01. The lowest BCUT2D eigenvalue weighted by molar-refractivity contribution is 0.118. The highest BCUT2D eigenvalue weighted by Crippen LogP contribution is 2.26. The lowest BCUT2D eigenvalue weighted by atomic mass is 9.89. The van der Waals surface area contributed by atoms with E-state index in [1.54, 1.807) is 4.90 Å². The molecule has 2 atom stereocenters. The third-order valence-electron chi connectivity index (χ3n) is 3.29. The first kappa shape index (κ1) is 13.8. The maximum Gasteiger partial charge on any atom is 0.323 e. The molecule has 1 heterocycles. The van der Waals surface area contributed by atoms with Crippen LogP contribution in [0, 0.1) is 5.92 Å². The van der Waals surface area contributed by atoms with Crippen LogP contribution in [0.1, 0.15) is 32.6 Å². The molecule has 1 fully saturated rings. The fourth-order valence-corrected chi connectivity index (χ4v) is 2.30. The van der Waals surface area contributed by atoms with E-state index in [0.29, 0.717) is 23.8 Å². The number of nitrogens with two attached hydrogens (primary N) is 1. The fourth-order valence-electron chi connectivity index (χ4n) is 2.30. The third kappa shape index (κ3) is 3.66. The maximum atomic E-state index is 5.87. The Kier molecular flexibility index (Phi) is 4.36. The molecule has 106 valence electrons. The third-order valence-corrected chi connectivity index (χ3v) is 3.29. The van der Waals surface area contributed by atoms with E-state index < -0.39 is 0 Å². The fraction of sp³-hybridized carbons (Fsp3) is 0.750. The van der Waals surface area contributed by atoms with Gasteiger partial charge in [0, 0.05) is 14.1 Å². The molecule has 1 aliphatic rings. The van der Waals surface area contributed by atoms with E-state index in [1.165, 1.54) is 12.8 Å². The molecule has 1 saturated carbocycles. The van der Waals surface area contributed by atoms with Gasteiger partial charge in [0.25, 0.3) is 0 Å². The van der Waals surface area contributed by atoms with Crippen LogP contribution < -0.4 is 20.9 Å². The normalized spacial score (nSPS) is 22.9. The molecule has 19 heavy (non-hydrogen) atoms. The predicted molar refractivity (Wildman–Crippen MR) is 74.0 cm³/mol. The van der Waals surface area contributed by atoms with Crippen LogP contribution in [0.25, 0.3) is 0 Å². The van der Waals surface area contributed by atoms with E-state index in [2.05, 4.69) is 27.3 Å². The molecule has 0 bridgehead atoms. The average Bonchev–Trinajstić information content (AvgIpc) is 2.38. The van der Waals surface area contributed by atoms with Crippen LogP contribution in [-0.4, -0.2) is 35.2 Å². The number of hydrogen-bond donors (Lipinski definition) is 2. The molecule has 3 N–H and O–H groups in total. The Bertz CT molecular complexity index is 425. The van der Waals surface area contributed by atoms with Gasteiger partial charge in [-0.3, -0.25) is 5.43 Å². The summed E-state index contributed by atoms with van der Waals surface area (Å²) in [4.78, 5) is 14.4. The van der Waals surface area contributed by atoms with Crippen molar-refractivity contribution in [1.29, 1.82) is 0 Å². The lowest BCUT2D eigenvalue weighted by Gasteiger charge is -2.26. The van der Waals surface area contributed by atoms with E-state index in [0.717, 1.165) is 12.8 Å². The van der Waals surface area contributed by atoms with Crippen molar-refractivity contribution < 1.29 is 4.74 Å².